The SMILES string of the molecule is NCNCc1cnc(-c2ccc(Cl)cc2)c(-c2ccc(Cl)cc2)c1. The van der Waals surface area contributed by atoms with Crippen molar-refractivity contribution in [1.29, 1.82) is 0 Å². The molecule has 3 aromatic rings. The minimum absolute atomic E-state index is 0.426. The second-order valence-corrected chi connectivity index (χ2v) is 6.26. The summed E-state index contributed by atoms with van der Waals surface area (Å²) in [6.45, 7) is 1.10. The Morgan fingerprint density at radius 2 is 1.46 bits per heavy atom. The van der Waals surface area contributed by atoms with Gasteiger partial charge < -0.3 is 11.1 Å². The van der Waals surface area contributed by atoms with E-state index in [1.807, 2.05) is 54.7 Å². The molecule has 1 heterocycles. The van der Waals surface area contributed by atoms with Crippen LogP contribution in [0.1, 0.15) is 5.56 Å². The van der Waals surface area contributed by atoms with E-state index in [2.05, 4.69) is 16.4 Å². The third-order valence-corrected chi connectivity index (χ3v) is 4.19. The van der Waals surface area contributed by atoms with Gasteiger partial charge in [0, 0.05) is 40.6 Å². The number of pyridine rings is 1. The van der Waals surface area contributed by atoms with Gasteiger partial charge in [0.05, 0.1) is 5.69 Å². The van der Waals surface area contributed by atoms with E-state index in [9.17, 15) is 0 Å². The second kappa shape index (κ2) is 7.77. The number of hydrogen-bond acceptors (Lipinski definition) is 3. The van der Waals surface area contributed by atoms with Gasteiger partial charge in [-0.15, -0.1) is 0 Å². The lowest BCUT2D eigenvalue weighted by atomic mass is 9.98. The van der Waals surface area contributed by atoms with E-state index in [-0.39, 0.29) is 0 Å². The Morgan fingerprint density at radius 1 is 0.875 bits per heavy atom. The molecule has 0 spiro atoms. The lowest BCUT2D eigenvalue weighted by Gasteiger charge is -2.12. The van der Waals surface area contributed by atoms with Crippen molar-refractivity contribution in [2.45, 2.75) is 6.54 Å². The molecule has 0 unspecified atom stereocenters. The normalized spacial score (nSPS) is 10.8. The van der Waals surface area contributed by atoms with Crippen molar-refractivity contribution in [3.63, 3.8) is 0 Å². The van der Waals surface area contributed by atoms with Crippen LogP contribution in [-0.4, -0.2) is 11.7 Å². The van der Waals surface area contributed by atoms with E-state index in [1.54, 1.807) is 0 Å². The number of hydrogen-bond donors (Lipinski definition) is 2. The highest BCUT2D eigenvalue weighted by Gasteiger charge is 2.11. The summed E-state index contributed by atoms with van der Waals surface area (Å²) in [5.41, 5.74) is 10.6. The highest BCUT2D eigenvalue weighted by atomic mass is 35.5. The molecule has 0 aliphatic rings. The summed E-state index contributed by atoms with van der Waals surface area (Å²) >= 11 is 12.0. The van der Waals surface area contributed by atoms with Crippen molar-refractivity contribution < 1.29 is 0 Å². The molecule has 0 bridgehead atoms. The largest absolute Gasteiger partial charge is 0.318 e. The van der Waals surface area contributed by atoms with Crippen LogP contribution in [0.5, 0.6) is 0 Å². The van der Waals surface area contributed by atoms with Crippen molar-refractivity contribution in [1.82, 2.24) is 10.3 Å². The highest BCUT2D eigenvalue weighted by Crippen LogP contribution is 2.32. The molecule has 0 amide bonds. The van der Waals surface area contributed by atoms with Crippen LogP contribution >= 0.6 is 23.2 Å². The van der Waals surface area contributed by atoms with Crippen molar-refractivity contribution >= 4 is 23.2 Å². The first-order valence-electron chi connectivity index (χ1n) is 7.59. The third-order valence-electron chi connectivity index (χ3n) is 3.69. The van der Waals surface area contributed by atoms with Crippen LogP contribution in [-0.2, 0) is 6.54 Å². The molecule has 0 aliphatic carbocycles. The fourth-order valence-electron chi connectivity index (χ4n) is 2.51. The molecule has 0 radical (unpaired) electrons. The maximum Gasteiger partial charge on any atom is 0.0780 e. The molecule has 1 aromatic heterocycles. The molecule has 0 atom stereocenters. The fourth-order valence-corrected chi connectivity index (χ4v) is 2.76. The van der Waals surface area contributed by atoms with Gasteiger partial charge in [-0.2, -0.15) is 0 Å². The van der Waals surface area contributed by atoms with Gasteiger partial charge in [0.1, 0.15) is 0 Å². The van der Waals surface area contributed by atoms with Crippen LogP contribution in [0.3, 0.4) is 0 Å². The quantitative estimate of drug-likeness (QED) is 0.649. The topological polar surface area (TPSA) is 50.9 Å². The van der Waals surface area contributed by atoms with Crippen molar-refractivity contribution in [2.75, 3.05) is 6.67 Å². The summed E-state index contributed by atoms with van der Waals surface area (Å²) in [6.07, 6.45) is 1.87. The molecule has 2 aromatic carbocycles. The van der Waals surface area contributed by atoms with Gasteiger partial charge >= 0.3 is 0 Å². The van der Waals surface area contributed by atoms with Crippen LogP contribution < -0.4 is 11.1 Å². The number of benzene rings is 2. The number of nitrogens with zero attached hydrogens (tertiary/aromatic N) is 1. The third kappa shape index (κ3) is 3.94. The van der Waals surface area contributed by atoms with Crippen molar-refractivity contribution in [2.24, 2.45) is 5.73 Å². The van der Waals surface area contributed by atoms with E-state index in [1.165, 1.54) is 0 Å². The first kappa shape index (κ1) is 16.9. The van der Waals surface area contributed by atoms with Crippen LogP contribution in [0.25, 0.3) is 22.4 Å². The van der Waals surface area contributed by atoms with Crippen LogP contribution in [0.2, 0.25) is 10.0 Å². The molecule has 3 nitrogen and oxygen atoms in total. The minimum atomic E-state index is 0.426. The van der Waals surface area contributed by atoms with Gasteiger partial charge in [0.2, 0.25) is 0 Å². The lowest BCUT2D eigenvalue weighted by Crippen LogP contribution is -2.21. The number of nitrogens with two attached hydrogens (primary N) is 1. The molecule has 3 N–H and O–H groups in total. The van der Waals surface area contributed by atoms with Crippen molar-refractivity contribution in [3.05, 3.63) is 76.4 Å². The van der Waals surface area contributed by atoms with Gasteiger partial charge in [-0.25, -0.2) is 0 Å². The Balaban J connectivity index is 2.09. The van der Waals surface area contributed by atoms with E-state index in [0.29, 0.717) is 23.3 Å². The Kier molecular flexibility index (Phi) is 5.48. The zero-order chi connectivity index (χ0) is 16.9. The molecule has 0 aliphatic heterocycles. The molecular formula is C19H17Cl2N3. The van der Waals surface area contributed by atoms with Gasteiger partial charge in [-0.3, -0.25) is 4.98 Å². The van der Waals surface area contributed by atoms with E-state index >= 15 is 0 Å². The average Bonchev–Trinajstić information content (AvgIpc) is 2.61. The zero-order valence-corrected chi connectivity index (χ0v) is 14.5. The highest BCUT2D eigenvalue weighted by molar-refractivity contribution is 6.31. The summed E-state index contributed by atoms with van der Waals surface area (Å²) in [4.78, 5) is 4.67. The Morgan fingerprint density at radius 3 is 2.04 bits per heavy atom. The summed E-state index contributed by atoms with van der Waals surface area (Å²) in [6, 6.07) is 17.6. The minimum Gasteiger partial charge on any atom is -0.318 e. The van der Waals surface area contributed by atoms with E-state index in [4.69, 9.17) is 28.9 Å². The first-order valence-corrected chi connectivity index (χ1v) is 8.34. The Bertz CT molecular complexity index is 815. The van der Waals surface area contributed by atoms with Gasteiger partial charge in [0.25, 0.3) is 0 Å². The molecule has 24 heavy (non-hydrogen) atoms. The van der Waals surface area contributed by atoms with Gasteiger partial charge in [0.15, 0.2) is 0 Å². The lowest BCUT2D eigenvalue weighted by molar-refractivity contribution is 0.707. The fraction of sp³-hybridized carbons (Fsp3) is 0.105. The monoisotopic (exact) mass is 357 g/mol. The molecular weight excluding hydrogens is 341 g/mol. The predicted octanol–water partition coefficient (Wildman–Crippen LogP) is 4.73. The van der Waals surface area contributed by atoms with E-state index < -0.39 is 0 Å². The zero-order valence-electron chi connectivity index (χ0n) is 13.0. The molecule has 5 heteroatoms. The van der Waals surface area contributed by atoms with Crippen LogP contribution in [0, 0.1) is 0 Å². The first-order chi connectivity index (χ1) is 11.7. The predicted molar refractivity (Wildman–Crippen MR) is 101 cm³/mol. The summed E-state index contributed by atoms with van der Waals surface area (Å²) in [5.74, 6) is 0. The number of aromatic nitrogens is 1. The van der Waals surface area contributed by atoms with Crippen LogP contribution in [0.4, 0.5) is 0 Å². The summed E-state index contributed by atoms with van der Waals surface area (Å²) in [7, 11) is 0. The van der Waals surface area contributed by atoms with Crippen molar-refractivity contribution in [3.8, 4) is 22.4 Å². The van der Waals surface area contributed by atoms with E-state index in [0.717, 1.165) is 27.9 Å². The Hall–Kier alpha value is -1.91. The molecule has 3 rings (SSSR count). The number of nitrogens with one attached hydrogen (secondary N) is 1. The standard InChI is InChI=1S/C19H17Cl2N3/c20-16-5-1-14(2-6-16)18-9-13(10-23-12-22)11-24-19(18)15-3-7-17(21)8-4-15/h1-9,11,23H,10,12,22H2. The maximum atomic E-state index is 6.02. The molecule has 122 valence electrons. The molecule has 0 fully saturated rings. The van der Waals surface area contributed by atoms with Gasteiger partial charge in [-0.1, -0.05) is 47.5 Å². The van der Waals surface area contributed by atoms with Crippen LogP contribution in [0.15, 0.2) is 60.8 Å². The Labute approximate surface area is 151 Å². The average molecular weight is 358 g/mol. The molecule has 0 saturated heterocycles. The molecule has 0 saturated carbocycles. The smallest absolute Gasteiger partial charge is 0.0780 e. The number of halogens is 2. The number of rotatable bonds is 5. The summed E-state index contributed by atoms with van der Waals surface area (Å²) in [5, 5.41) is 4.53. The second-order valence-electron chi connectivity index (χ2n) is 5.38. The maximum absolute atomic E-state index is 6.02. The summed E-state index contributed by atoms with van der Waals surface area (Å²) < 4.78 is 0. The van der Waals surface area contributed by atoms with Gasteiger partial charge in [-0.05, 0) is 41.5 Å².